The van der Waals surface area contributed by atoms with Crippen molar-refractivity contribution in [1.82, 2.24) is 9.97 Å². The van der Waals surface area contributed by atoms with Gasteiger partial charge in [-0.25, -0.2) is 9.97 Å². The lowest BCUT2D eigenvalue weighted by molar-refractivity contribution is 1.39. The summed E-state index contributed by atoms with van der Waals surface area (Å²) in [4.78, 5) is 9.60. The van der Waals surface area contributed by atoms with Crippen LogP contribution in [0.15, 0.2) is 84.9 Å². The van der Waals surface area contributed by atoms with Gasteiger partial charge in [0.15, 0.2) is 0 Å². The molecule has 138 valence electrons. The minimum Gasteiger partial charge on any atom is -0.244 e. The van der Waals surface area contributed by atoms with Crippen molar-refractivity contribution >= 4 is 22.1 Å². The highest BCUT2D eigenvalue weighted by Crippen LogP contribution is 2.27. The Morgan fingerprint density at radius 1 is 0.433 bits per heavy atom. The third-order valence-corrected chi connectivity index (χ3v) is 5.13. The first kappa shape index (κ1) is 17.6. The van der Waals surface area contributed by atoms with Crippen LogP contribution >= 0.6 is 0 Å². The number of aromatic nitrogens is 2. The van der Waals surface area contributed by atoms with Crippen LogP contribution in [0, 0.1) is 22.7 Å². The Morgan fingerprint density at radius 2 is 0.800 bits per heavy atom. The Kier molecular flexibility index (Phi) is 4.17. The molecular formula is C26H14N4. The van der Waals surface area contributed by atoms with Gasteiger partial charge in [0.05, 0.1) is 45.3 Å². The maximum atomic E-state index is 8.98. The normalized spacial score (nSPS) is 10.6. The van der Waals surface area contributed by atoms with Crippen molar-refractivity contribution in [1.29, 1.82) is 10.5 Å². The molecule has 4 nitrogen and oxygen atoms in total. The van der Waals surface area contributed by atoms with Gasteiger partial charge in [0.1, 0.15) is 0 Å². The third-order valence-electron chi connectivity index (χ3n) is 5.13. The van der Waals surface area contributed by atoms with Crippen LogP contribution in [0.5, 0.6) is 0 Å². The number of nitrogens with zero attached hydrogens (tertiary/aromatic N) is 4. The average Bonchev–Trinajstić information content (AvgIpc) is 2.82. The highest BCUT2D eigenvalue weighted by molar-refractivity contribution is 5.90. The molecule has 0 bridgehead atoms. The zero-order valence-electron chi connectivity index (χ0n) is 15.9. The molecule has 5 aromatic rings. The van der Waals surface area contributed by atoms with Crippen molar-refractivity contribution in [2.75, 3.05) is 0 Å². The zero-order valence-corrected chi connectivity index (χ0v) is 15.9. The molecule has 30 heavy (non-hydrogen) atoms. The van der Waals surface area contributed by atoms with E-state index in [1.165, 1.54) is 0 Å². The lowest BCUT2D eigenvalue weighted by Gasteiger charge is -2.07. The van der Waals surface area contributed by atoms with Gasteiger partial charge in [0, 0.05) is 0 Å². The smallest absolute Gasteiger partial charge is 0.0991 e. The molecule has 4 heteroatoms. The van der Waals surface area contributed by atoms with Gasteiger partial charge in [-0.3, -0.25) is 0 Å². The van der Waals surface area contributed by atoms with Gasteiger partial charge >= 0.3 is 0 Å². The number of nitriles is 2. The van der Waals surface area contributed by atoms with Gasteiger partial charge < -0.3 is 0 Å². The highest BCUT2D eigenvalue weighted by atomic mass is 14.8. The van der Waals surface area contributed by atoms with Crippen molar-refractivity contribution in [3.8, 4) is 34.4 Å². The van der Waals surface area contributed by atoms with E-state index in [1.54, 1.807) is 0 Å². The van der Waals surface area contributed by atoms with Gasteiger partial charge in [0.25, 0.3) is 0 Å². The topological polar surface area (TPSA) is 73.4 Å². The molecule has 0 amide bonds. The molecule has 1 heterocycles. The van der Waals surface area contributed by atoms with Crippen molar-refractivity contribution in [2.24, 2.45) is 0 Å². The predicted molar refractivity (Wildman–Crippen MR) is 117 cm³/mol. The summed E-state index contributed by atoms with van der Waals surface area (Å²) in [5.41, 5.74) is 8.75. The Labute approximate surface area is 173 Å². The standard InChI is InChI=1S/C26H14N4/c27-15-17-1-5-19(6-2-17)21-9-11-23-25(13-21)29-24-12-10-22(14-26(24)30-23)20-7-3-18(16-28)4-8-20/h1-14H. The van der Waals surface area contributed by atoms with Crippen LogP contribution in [0.25, 0.3) is 44.3 Å². The van der Waals surface area contributed by atoms with E-state index in [1.807, 2.05) is 84.9 Å². The number of hydrogen-bond donors (Lipinski definition) is 0. The van der Waals surface area contributed by atoms with Crippen molar-refractivity contribution in [3.63, 3.8) is 0 Å². The molecule has 4 aromatic carbocycles. The second kappa shape index (κ2) is 7.13. The van der Waals surface area contributed by atoms with Crippen LogP contribution in [0.1, 0.15) is 11.1 Å². The number of hydrogen-bond acceptors (Lipinski definition) is 4. The summed E-state index contributed by atoms with van der Waals surface area (Å²) < 4.78 is 0. The molecule has 0 fully saturated rings. The highest BCUT2D eigenvalue weighted by Gasteiger charge is 2.07. The Hall–Kier alpha value is -4.54. The summed E-state index contributed by atoms with van der Waals surface area (Å²) in [5, 5.41) is 18.0. The summed E-state index contributed by atoms with van der Waals surface area (Å²) in [5.74, 6) is 0. The second-order valence-corrected chi connectivity index (χ2v) is 7.01. The molecule has 0 aliphatic carbocycles. The molecule has 0 N–H and O–H groups in total. The fraction of sp³-hybridized carbons (Fsp3) is 0. The molecule has 0 unspecified atom stereocenters. The number of benzene rings is 4. The van der Waals surface area contributed by atoms with Crippen LogP contribution in [0.2, 0.25) is 0 Å². The van der Waals surface area contributed by atoms with Crippen molar-refractivity contribution in [2.45, 2.75) is 0 Å². The molecule has 0 saturated heterocycles. The Morgan fingerprint density at radius 3 is 1.17 bits per heavy atom. The van der Waals surface area contributed by atoms with E-state index in [-0.39, 0.29) is 0 Å². The maximum Gasteiger partial charge on any atom is 0.0991 e. The van der Waals surface area contributed by atoms with Crippen LogP contribution < -0.4 is 0 Å². The van der Waals surface area contributed by atoms with E-state index in [9.17, 15) is 0 Å². The van der Waals surface area contributed by atoms with E-state index in [0.29, 0.717) is 11.1 Å². The van der Waals surface area contributed by atoms with Crippen LogP contribution in [-0.2, 0) is 0 Å². The zero-order chi connectivity index (χ0) is 20.5. The lowest BCUT2D eigenvalue weighted by atomic mass is 10.0. The summed E-state index contributed by atoms with van der Waals surface area (Å²) in [6.45, 7) is 0. The van der Waals surface area contributed by atoms with Gasteiger partial charge in [0.2, 0.25) is 0 Å². The number of rotatable bonds is 2. The van der Waals surface area contributed by atoms with Gasteiger partial charge in [-0.05, 0) is 70.8 Å². The quantitative estimate of drug-likeness (QED) is 0.358. The Bertz CT molecular complexity index is 1370. The van der Waals surface area contributed by atoms with E-state index < -0.39 is 0 Å². The van der Waals surface area contributed by atoms with Gasteiger partial charge in [-0.2, -0.15) is 10.5 Å². The average molecular weight is 382 g/mol. The van der Waals surface area contributed by atoms with Gasteiger partial charge in [-0.1, -0.05) is 36.4 Å². The molecule has 0 saturated carbocycles. The van der Waals surface area contributed by atoms with Crippen molar-refractivity contribution in [3.05, 3.63) is 96.1 Å². The maximum absolute atomic E-state index is 8.98. The van der Waals surface area contributed by atoms with Crippen LogP contribution in [-0.4, -0.2) is 9.97 Å². The van der Waals surface area contributed by atoms with Gasteiger partial charge in [-0.15, -0.1) is 0 Å². The monoisotopic (exact) mass is 382 g/mol. The third kappa shape index (κ3) is 3.13. The lowest BCUT2D eigenvalue weighted by Crippen LogP contribution is -1.89. The minimum absolute atomic E-state index is 0.642. The van der Waals surface area contributed by atoms with Crippen LogP contribution in [0.4, 0.5) is 0 Å². The largest absolute Gasteiger partial charge is 0.244 e. The molecule has 0 aliphatic heterocycles. The fourth-order valence-electron chi connectivity index (χ4n) is 3.51. The molecule has 5 rings (SSSR count). The SMILES string of the molecule is N#Cc1ccc(-c2ccc3nc4cc(-c5ccc(C#N)cc5)ccc4nc3c2)cc1. The first-order valence-corrected chi connectivity index (χ1v) is 9.46. The second-order valence-electron chi connectivity index (χ2n) is 7.01. The molecule has 0 spiro atoms. The molecule has 0 atom stereocenters. The first-order valence-electron chi connectivity index (χ1n) is 9.46. The summed E-state index contributed by atoms with van der Waals surface area (Å²) in [6.07, 6.45) is 0. The molecule has 1 aromatic heterocycles. The van der Waals surface area contributed by atoms with Crippen LogP contribution in [0.3, 0.4) is 0 Å². The van der Waals surface area contributed by atoms with E-state index in [2.05, 4.69) is 12.1 Å². The molecule has 0 aliphatic rings. The molecule has 0 radical (unpaired) electrons. The minimum atomic E-state index is 0.642. The Balaban J connectivity index is 1.56. The summed E-state index contributed by atoms with van der Waals surface area (Å²) in [6, 6.07) is 31.4. The van der Waals surface area contributed by atoms with E-state index in [4.69, 9.17) is 20.5 Å². The first-order chi connectivity index (χ1) is 14.7. The van der Waals surface area contributed by atoms with Crippen molar-refractivity contribution < 1.29 is 0 Å². The molecular weight excluding hydrogens is 368 g/mol. The predicted octanol–water partition coefficient (Wildman–Crippen LogP) is 5.86. The summed E-state index contributed by atoms with van der Waals surface area (Å²) >= 11 is 0. The van der Waals surface area contributed by atoms with E-state index in [0.717, 1.165) is 44.3 Å². The van der Waals surface area contributed by atoms with E-state index >= 15 is 0 Å². The number of fused-ring (bicyclic) bond motifs is 2. The summed E-state index contributed by atoms with van der Waals surface area (Å²) in [7, 11) is 0. The fourth-order valence-corrected chi connectivity index (χ4v) is 3.51.